The normalized spacial score (nSPS) is 18.2. The maximum Gasteiger partial charge on any atom is 0.527 e. The van der Waals surface area contributed by atoms with E-state index < -0.39 is 42.6 Å². The molecular formula is C35H47N7O10. The van der Waals surface area contributed by atoms with Crippen molar-refractivity contribution < 1.29 is 48.2 Å². The fourth-order valence-corrected chi connectivity index (χ4v) is 6.15. The van der Waals surface area contributed by atoms with Gasteiger partial charge in [0.05, 0.1) is 25.4 Å². The Bertz CT molecular complexity index is 1570. The van der Waals surface area contributed by atoms with Crippen LogP contribution < -0.4 is 15.4 Å². The van der Waals surface area contributed by atoms with Gasteiger partial charge in [0.1, 0.15) is 12.1 Å². The molecule has 0 radical (unpaired) electrons. The van der Waals surface area contributed by atoms with Crippen LogP contribution in [0.15, 0.2) is 36.4 Å². The number of hydrogen-bond acceptors (Lipinski definition) is 11. The molecule has 282 valence electrons. The summed E-state index contributed by atoms with van der Waals surface area (Å²) < 4.78 is 12.3. The van der Waals surface area contributed by atoms with Crippen molar-refractivity contribution in [2.24, 2.45) is 0 Å². The molecule has 0 unspecified atom stereocenters. The fraction of sp³-hybridized carbons (Fsp3) is 0.571. The first kappa shape index (κ1) is 38.1. The third kappa shape index (κ3) is 10.2. The number of aromatic nitrogens is 2. The highest BCUT2D eigenvalue weighted by molar-refractivity contribution is 5.96. The highest BCUT2D eigenvalue weighted by Crippen LogP contribution is 2.24. The van der Waals surface area contributed by atoms with Crippen LogP contribution in [-0.4, -0.2) is 130 Å². The number of aliphatic carboxylic acids is 1. The van der Waals surface area contributed by atoms with E-state index in [1.165, 1.54) is 25.6 Å². The van der Waals surface area contributed by atoms with Gasteiger partial charge in [-0.1, -0.05) is 31.5 Å². The molecule has 4 amide bonds. The summed E-state index contributed by atoms with van der Waals surface area (Å²) in [6, 6.07) is 8.54. The summed E-state index contributed by atoms with van der Waals surface area (Å²) in [4.78, 5) is 84.9. The molecule has 1 aromatic heterocycles. The van der Waals surface area contributed by atoms with Crippen LogP contribution in [0.4, 0.5) is 4.79 Å². The summed E-state index contributed by atoms with van der Waals surface area (Å²) in [6.07, 6.45) is 4.40. The molecule has 2 atom stereocenters. The van der Waals surface area contributed by atoms with Crippen LogP contribution in [0, 0.1) is 0 Å². The van der Waals surface area contributed by atoms with Gasteiger partial charge in [-0.3, -0.25) is 24.0 Å². The minimum absolute atomic E-state index is 0.0807. The zero-order valence-electron chi connectivity index (χ0n) is 29.4. The number of carboxylic acids is 1. The van der Waals surface area contributed by atoms with Gasteiger partial charge in [-0.15, -0.1) is 5.06 Å². The first-order valence-electron chi connectivity index (χ1n) is 17.9. The molecule has 0 bridgehead atoms. The Morgan fingerprint density at radius 3 is 2.40 bits per heavy atom. The van der Waals surface area contributed by atoms with Gasteiger partial charge in [0, 0.05) is 38.2 Å². The van der Waals surface area contributed by atoms with E-state index in [1.807, 2.05) is 6.92 Å². The first-order valence-corrected chi connectivity index (χ1v) is 17.9. The molecule has 17 nitrogen and oxygen atoms in total. The number of para-hydroxylation sites is 1. The molecule has 1 aromatic carbocycles. The summed E-state index contributed by atoms with van der Waals surface area (Å²) in [6.45, 7) is 2.94. The summed E-state index contributed by atoms with van der Waals surface area (Å²) in [5.74, 6) is -2.84. The van der Waals surface area contributed by atoms with Gasteiger partial charge in [-0.25, -0.2) is 9.48 Å². The number of carbonyl (C=O) groups is 6. The second kappa shape index (κ2) is 18.3. The van der Waals surface area contributed by atoms with Crippen LogP contribution in [0.3, 0.4) is 0 Å². The quantitative estimate of drug-likeness (QED) is 0.168. The summed E-state index contributed by atoms with van der Waals surface area (Å²) >= 11 is 0. The average Bonchev–Trinajstić information content (AvgIpc) is 3.79. The maximum atomic E-state index is 13.6. The summed E-state index contributed by atoms with van der Waals surface area (Å²) in [5.41, 5.74) is 0.411. The lowest BCUT2D eigenvalue weighted by atomic mass is 9.93. The molecule has 52 heavy (non-hydrogen) atoms. The standard InChI is InChI=1S/C35H47N7O10/c1-2-3-21-50-35(49)52-40-19-17-39(18-20-40)34(48)26(14-15-31(44)45)37-32(46)27-22-30(42(38-27)25-11-5-4-6-12-25)51-23-29(43)41-16-8-13-28(41)33(47)36-24-9-7-10-24/h4-6,11-12,22,24,26,28H,2-3,7-10,13-21,23H2,1H3,(H,36,47)(H,37,46)(H,44,45)/t26-,28-/m0/s1. The minimum Gasteiger partial charge on any atom is -0.481 e. The van der Waals surface area contributed by atoms with Crippen molar-refractivity contribution in [1.29, 1.82) is 0 Å². The van der Waals surface area contributed by atoms with Crippen molar-refractivity contribution in [3.8, 4) is 11.6 Å². The number of likely N-dealkylation sites (tertiary alicyclic amines) is 1. The molecule has 5 rings (SSSR count). The van der Waals surface area contributed by atoms with Crippen LogP contribution in [0.2, 0.25) is 0 Å². The first-order chi connectivity index (χ1) is 25.1. The number of hydrogen-bond donors (Lipinski definition) is 3. The Balaban J connectivity index is 1.23. The van der Waals surface area contributed by atoms with Crippen molar-refractivity contribution >= 4 is 35.8 Å². The lowest BCUT2D eigenvalue weighted by molar-refractivity contribution is -0.158. The molecule has 3 N–H and O–H groups in total. The number of rotatable bonds is 16. The number of unbranched alkanes of at least 4 members (excludes halogenated alkanes) is 1. The molecule has 3 heterocycles. The van der Waals surface area contributed by atoms with Gasteiger partial charge in [0.2, 0.25) is 17.7 Å². The molecule has 3 fully saturated rings. The number of carbonyl (C=O) groups excluding carboxylic acids is 5. The molecule has 1 saturated carbocycles. The number of ether oxygens (including phenoxy) is 2. The molecule has 1 aliphatic carbocycles. The minimum atomic E-state index is -1.19. The Kier molecular flexibility index (Phi) is 13.4. The van der Waals surface area contributed by atoms with Gasteiger partial charge in [-0.05, 0) is 57.1 Å². The monoisotopic (exact) mass is 725 g/mol. The maximum absolute atomic E-state index is 13.6. The van der Waals surface area contributed by atoms with E-state index >= 15 is 0 Å². The van der Waals surface area contributed by atoms with E-state index in [1.54, 1.807) is 30.3 Å². The highest BCUT2D eigenvalue weighted by atomic mass is 16.8. The Hall–Kier alpha value is -5.19. The molecule has 2 aromatic rings. The van der Waals surface area contributed by atoms with E-state index in [4.69, 9.17) is 14.3 Å². The van der Waals surface area contributed by atoms with Gasteiger partial charge in [0.25, 0.3) is 11.8 Å². The van der Waals surface area contributed by atoms with Crippen molar-refractivity contribution in [2.75, 3.05) is 45.9 Å². The molecule has 2 saturated heterocycles. The van der Waals surface area contributed by atoms with Crippen molar-refractivity contribution in [1.82, 2.24) is 35.3 Å². The van der Waals surface area contributed by atoms with Crippen LogP contribution in [0.25, 0.3) is 5.69 Å². The lowest BCUT2D eigenvalue weighted by Gasteiger charge is -2.35. The van der Waals surface area contributed by atoms with E-state index in [2.05, 4.69) is 15.7 Å². The third-order valence-corrected chi connectivity index (χ3v) is 9.30. The van der Waals surface area contributed by atoms with E-state index in [9.17, 15) is 33.9 Å². The van der Waals surface area contributed by atoms with Crippen molar-refractivity contribution in [2.45, 2.75) is 82.8 Å². The van der Waals surface area contributed by atoms with Gasteiger partial charge in [-0.2, -0.15) is 5.10 Å². The smallest absolute Gasteiger partial charge is 0.481 e. The van der Waals surface area contributed by atoms with E-state index in [0.29, 0.717) is 31.5 Å². The predicted octanol–water partition coefficient (Wildman–Crippen LogP) is 1.89. The highest BCUT2D eigenvalue weighted by Gasteiger charge is 2.36. The second-order valence-electron chi connectivity index (χ2n) is 13.0. The number of hydroxylamine groups is 2. The summed E-state index contributed by atoms with van der Waals surface area (Å²) in [5, 5.41) is 20.8. The molecule has 3 aliphatic rings. The van der Waals surface area contributed by atoms with E-state index in [-0.39, 0.29) is 75.1 Å². The van der Waals surface area contributed by atoms with Gasteiger partial charge in [0.15, 0.2) is 12.3 Å². The molecular weight excluding hydrogens is 678 g/mol. The predicted molar refractivity (Wildman–Crippen MR) is 183 cm³/mol. The van der Waals surface area contributed by atoms with Crippen molar-refractivity contribution in [3.05, 3.63) is 42.1 Å². The Labute approximate surface area is 301 Å². The number of amides is 4. The fourth-order valence-electron chi connectivity index (χ4n) is 6.15. The van der Waals surface area contributed by atoms with Crippen LogP contribution >= 0.6 is 0 Å². The van der Waals surface area contributed by atoms with Crippen LogP contribution in [0.5, 0.6) is 5.88 Å². The van der Waals surface area contributed by atoms with Gasteiger partial charge < -0.3 is 39.9 Å². The number of benzene rings is 1. The largest absolute Gasteiger partial charge is 0.527 e. The van der Waals surface area contributed by atoms with Crippen molar-refractivity contribution in [3.63, 3.8) is 0 Å². The lowest BCUT2D eigenvalue weighted by Crippen LogP contribution is -2.55. The topological polar surface area (TPSA) is 202 Å². The van der Waals surface area contributed by atoms with Gasteiger partial charge >= 0.3 is 12.1 Å². The zero-order valence-corrected chi connectivity index (χ0v) is 29.4. The number of nitrogens with zero attached hydrogens (tertiary/aromatic N) is 5. The third-order valence-electron chi connectivity index (χ3n) is 9.30. The molecule has 17 heteroatoms. The van der Waals surface area contributed by atoms with Crippen LogP contribution in [-0.2, 0) is 28.8 Å². The molecule has 2 aliphatic heterocycles. The zero-order chi connectivity index (χ0) is 37.0. The Morgan fingerprint density at radius 2 is 1.73 bits per heavy atom. The SMILES string of the molecule is CCCCOC(=O)ON1CCN(C(=O)[C@H](CCC(=O)O)NC(=O)c2cc(OCC(=O)N3CCC[C@H]3C(=O)NC3CCC3)n(-c3ccccc3)n2)CC1. The van der Waals surface area contributed by atoms with Crippen LogP contribution in [0.1, 0.15) is 75.2 Å². The Morgan fingerprint density at radius 1 is 0.981 bits per heavy atom. The molecule has 0 spiro atoms. The summed E-state index contributed by atoms with van der Waals surface area (Å²) in [7, 11) is 0. The number of piperazine rings is 1. The number of nitrogens with one attached hydrogen (secondary N) is 2. The second-order valence-corrected chi connectivity index (χ2v) is 13.0. The number of carboxylic acid groups (broad SMARTS) is 1. The average molecular weight is 726 g/mol. The van der Waals surface area contributed by atoms with E-state index in [0.717, 1.165) is 25.7 Å².